The van der Waals surface area contributed by atoms with E-state index in [0.717, 1.165) is 23.3 Å². The van der Waals surface area contributed by atoms with Crippen LogP contribution in [0.3, 0.4) is 0 Å². The predicted molar refractivity (Wildman–Crippen MR) is 125 cm³/mol. The van der Waals surface area contributed by atoms with Crippen LogP contribution in [0.15, 0.2) is 58.8 Å². The molecule has 4 rings (SSSR count). The van der Waals surface area contributed by atoms with E-state index < -0.39 is 10.0 Å². The maximum atomic E-state index is 12.7. The fourth-order valence-corrected chi connectivity index (χ4v) is 6.56. The second kappa shape index (κ2) is 9.32. The van der Waals surface area contributed by atoms with E-state index >= 15 is 0 Å². The summed E-state index contributed by atoms with van der Waals surface area (Å²) in [5.41, 5.74) is 1.94. The van der Waals surface area contributed by atoms with Crippen molar-refractivity contribution in [1.82, 2.24) is 4.31 Å². The Balaban J connectivity index is 1.48. The van der Waals surface area contributed by atoms with Crippen LogP contribution in [0, 0.1) is 0 Å². The lowest BCUT2D eigenvalue weighted by Crippen LogP contribution is -2.27. The lowest BCUT2D eigenvalue weighted by molar-refractivity contribution is 0.102. The minimum Gasteiger partial charge on any atom is -0.493 e. The van der Waals surface area contributed by atoms with Gasteiger partial charge in [-0.1, -0.05) is 12.1 Å². The van der Waals surface area contributed by atoms with Crippen LogP contribution in [0.4, 0.5) is 5.69 Å². The van der Waals surface area contributed by atoms with E-state index in [1.54, 1.807) is 47.8 Å². The Bertz CT molecular complexity index is 1210. The van der Waals surface area contributed by atoms with Crippen molar-refractivity contribution in [3.05, 3.63) is 60.2 Å². The first kappa shape index (κ1) is 22.3. The van der Waals surface area contributed by atoms with Crippen molar-refractivity contribution in [1.29, 1.82) is 0 Å². The van der Waals surface area contributed by atoms with E-state index in [0.29, 0.717) is 40.0 Å². The molecule has 1 fully saturated rings. The fourth-order valence-electron chi connectivity index (χ4n) is 3.57. The number of rotatable bonds is 7. The Labute approximate surface area is 191 Å². The first-order valence-electron chi connectivity index (χ1n) is 10.2. The molecule has 1 N–H and O–H groups in total. The fraction of sp³-hybridized carbons (Fsp3) is 0.261. The van der Waals surface area contributed by atoms with Gasteiger partial charge in [0.15, 0.2) is 11.5 Å². The molecule has 0 unspecified atom stereocenters. The molecule has 2 aromatic carbocycles. The molecule has 0 aliphatic carbocycles. The largest absolute Gasteiger partial charge is 0.493 e. The van der Waals surface area contributed by atoms with Crippen molar-refractivity contribution in [2.45, 2.75) is 17.1 Å². The van der Waals surface area contributed by atoms with Gasteiger partial charge in [0, 0.05) is 35.3 Å². The summed E-state index contributed by atoms with van der Waals surface area (Å²) in [5.74, 6) is 0.849. The van der Waals surface area contributed by atoms with Gasteiger partial charge in [-0.2, -0.15) is 4.31 Å². The zero-order valence-corrected chi connectivity index (χ0v) is 19.5. The Morgan fingerprint density at radius 2 is 1.62 bits per heavy atom. The highest BCUT2D eigenvalue weighted by molar-refractivity contribution is 7.91. The van der Waals surface area contributed by atoms with Crippen molar-refractivity contribution >= 4 is 33.0 Å². The normalized spacial score (nSPS) is 14.3. The van der Waals surface area contributed by atoms with Crippen molar-refractivity contribution in [3.63, 3.8) is 0 Å². The molecule has 1 amide bonds. The van der Waals surface area contributed by atoms with Crippen molar-refractivity contribution in [2.75, 3.05) is 32.6 Å². The average molecular weight is 473 g/mol. The SMILES string of the molecule is COc1ccc(NC(=O)c2ccc(-c3ccc(S(=O)(=O)N4CCCC4)s3)cc2)cc1OC. The van der Waals surface area contributed by atoms with Crippen molar-refractivity contribution in [3.8, 4) is 21.9 Å². The Morgan fingerprint density at radius 3 is 2.28 bits per heavy atom. The number of thiophene rings is 1. The molecule has 9 heteroatoms. The van der Waals surface area contributed by atoms with Crippen LogP contribution < -0.4 is 14.8 Å². The Morgan fingerprint density at radius 1 is 0.938 bits per heavy atom. The first-order chi connectivity index (χ1) is 15.4. The number of carbonyl (C=O) groups excluding carboxylic acids is 1. The maximum absolute atomic E-state index is 12.7. The summed E-state index contributed by atoms with van der Waals surface area (Å²) >= 11 is 1.25. The van der Waals surface area contributed by atoms with E-state index in [1.165, 1.54) is 18.4 Å². The standard InChI is InChI=1S/C23H24N2O5S2/c1-29-19-10-9-18(15-20(19)30-2)24-23(26)17-7-5-16(6-8-17)21-11-12-22(31-21)32(27,28)25-13-3-4-14-25/h5-12,15H,3-4,13-14H2,1-2H3,(H,24,26). The first-order valence-corrected chi connectivity index (χ1v) is 12.4. The summed E-state index contributed by atoms with van der Waals surface area (Å²) < 4.78 is 37.9. The highest BCUT2D eigenvalue weighted by Crippen LogP contribution is 2.34. The van der Waals surface area contributed by atoms with Gasteiger partial charge < -0.3 is 14.8 Å². The number of methoxy groups -OCH3 is 2. The van der Waals surface area contributed by atoms with Crippen LogP contribution in [0.5, 0.6) is 11.5 Å². The minimum absolute atomic E-state index is 0.257. The highest BCUT2D eigenvalue weighted by Gasteiger charge is 2.28. The van der Waals surface area contributed by atoms with Gasteiger partial charge in [-0.05, 0) is 54.8 Å². The summed E-state index contributed by atoms with van der Waals surface area (Å²) in [4.78, 5) is 13.5. The third-order valence-corrected chi connectivity index (χ3v) is 8.81. The number of amides is 1. The van der Waals surface area contributed by atoms with Crippen LogP contribution >= 0.6 is 11.3 Å². The number of sulfonamides is 1. The molecule has 2 heterocycles. The number of hydrogen-bond donors (Lipinski definition) is 1. The molecular weight excluding hydrogens is 448 g/mol. The van der Waals surface area contributed by atoms with Gasteiger partial charge in [0.25, 0.3) is 15.9 Å². The number of hydrogen-bond acceptors (Lipinski definition) is 6. The molecule has 1 aliphatic heterocycles. The maximum Gasteiger partial charge on any atom is 0.255 e. The summed E-state index contributed by atoms with van der Waals surface area (Å²) in [5, 5.41) is 2.84. The zero-order valence-electron chi connectivity index (χ0n) is 17.8. The molecule has 3 aromatic rings. The third kappa shape index (κ3) is 4.50. The Hall–Kier alpha value is -2.88. The van der Waals surface area contributed by atoms with Crippen LogP contribution in [0.2, 0.25) is 0 Å². The van der Waals surface area contributed by atoms with Gasteiger partial charge in [-0.3, -0.25) is 4.79 Å². The van der Waals surface area contributed by atoms with E-state index in [-0.39, 0.29) is 5.91 Å². The van der Waals surface area contributed by atoms with Gasteiger partial charge in [-0.15, -0.1) is 11.3 Å². The molecule has 168 valence electrons. The second-order valence-corrected chi connectivity index (χ2v) is 10.6. The number of ether oxygens (including phenoxy) is 2. The molecule has 1 aliphatic rings. The minimum atomic E-state index is -3.42. The number of carbonyl (C=O) groups is 1. The van der Waals surface area contributed by atoms with Crippen molar-refractivity contribution < 1.29 is 22.7 Å². The van der Waals surface area contributed by atoms with Gasteiger partial charge >= 0.3 is 0 Å². The molecule has 32 heavy (non-hydrogen) atoms. The molecule has 1 saturated heterocycles. The van der Waals surface area contributed by atoms with E-state index in [4.69, 9.17) is 9.47 Å². The number of benzene rings is 2. The third-order valence-electron chi connectivity index (χ3n) is 5.31. The van der Waals surface area contributed by atoms with Crippen LogP contribution in [0.25, 0.3) is 10.4 Å². The number of nitrogens with zero attached hydrogens (tertiary/aromatic N) is 1. The topological polar surface area (TPSA) is 84.9 Å². The average Bonchev–Trinajstić information content (AvgIpc) is 3.52. The number of anilines is 1. The van der Waals surface area contributed by atoms with Gasteiger partial charge in [-0.25, -0.2) is 8.42 Å². The van der Waals surface area contributed by atoms with Crippen molar-refractivity contribution in [2.24, 2.45) is 0 Å². The molecular formula is C23H24N2O5S2. The molecule has 0 spiro atoms. The molecule has 0 bridgehead atoms. The molecule has 0 atom stereocenters. The highest BCUT2D eigenvalue weighted by atomic mass is 32.2. The monoisotopic (exact) mass is 472 g/mol. The van der Waals surface area contributed by atoms with E-state index in [2.05, 4.69) is 5.32 Å². The second-order valence-electron chi connectivity index (χ2n) is 7.33. The molecule has 0 saturated carbocycles. The van der Waals surface area contributed by atoms with Gasteiger partial charge in [0.1, 0.15) is 4.21 Å². The summed E-state index contributed by atoms with van der Waals surface area (Å²) in [6.45, 7) is 1.17. The smallest absolute Gasteiger partial charge is 0.255 e. The summed E-state index contributed by atoms with van der Waals surface area (Å²) in [6, 6.07) is 15.7. The Kier molecular flexibility index (Phi) is 6.50. The predicted octanol–water partition coefficient (Wildman–Crippen LogP) is 4.47. The van der Waals surface area contributed by atoms with Crippen LogP contribution in [-0.4, -0.2) is 45.9 Å². The van der Waals surface area contributed by atoms with Crippen LogP contribution in [-0.2, 0) is 10.0 Å². The van der Waals surface area contributed by atoms with Crippen LogP contribution in [0.1, 0.15) is 23.2 Å². The number of nitrogens with one attached hydrogen (secondary N) is 1. The quantitative estimate of drug-likeness (QED) is 0.548. The molecule has 7 nitrogen and oxygen atoms in total. The van der Waals surface area contributed by atoms with Gasteiger partial charge in [0.2, 0.25) is 0 Å². The summed E-state index contributed by atoms with van der Waals surface area (Å²) in [7, 11) is -0.336. The summed E-state index contributed by atoms with van der Waals surface area (Å²) in [6.07, 6.45) is 1.81. The lowest BCUT2D eigenvalue weighted by Gasteiger charge is -2.13. The zero-order chi connectivity index (χ0) is 22.7. The molecule has 1 aromatic heterocycles. The molecule has 0 radical (unpaired) electrons. The van der Waals surface area contributed by atoms with E-state index in [1.807, 2.05) is 18.2 Å². The van der Waals surface area contributed by atoms with E-state index in [9.17, 15) is 13.2 Å². The van der Waals surface area contributed by atoms with Gasteiger partial charge in [0.05, 0.1) is 14.2 Å². The lowest BCUT2D eigenvalue weighted by atomic mass is 10.1.